The van der Waals surface area contributed by atoms with Gasteiger partial charge in [0.2, 0.25) is 0 Å². The van der Waals surface area contributed by atoms with E-state index in [1.807, 2.05) is 37.3 Å². The molecule has 0 unspecified atom stereocenters. The van der Waals surface area contributed by atoms with Crippen LogP contribution in [0.1, 0.15) is 43.5 Å². The summed E-state index contributed by atoms with van der Waals surface area (Å²) in [6.07, 6.45) is 1.78. The van der Waals surface area contributed by atoms with Gasteiger partial charge in [0, 0.05) is 4.47 Å². The van der Waals surface area contributed by atoms with Gasteiger partial charge in [0.05, 0.1) is 52.2 Å². The van der Waals surface area contributed by atoms with E-state index in [4.69, 9.17) is 42.1 Å². The Morgan fingerprint density at radius 3 is 2.56 bits per heavy atom. The molecule has 0 fully saturated rings. The van der Waals surface area contributed by atoms with Crippen LogP contribution in [0.4, 0.5) is 0 Å². The molecule has 0 amide bonds. The lowest BCUT2D eigenvalue weighted by atomic mass is 9.95. The average molecular weight is 732 g/mol. The summed E-state index contributed by atoms with van der Waals surface area (Å²) < 4.78 is 25.4. The molecule has 1 atom stereocenters. The lowest BCUT2D eigenvalue weighted by molar-refractivity contribution is -0.139. The van der Waals surface area contributed by atoms with Gasteiger partial charge >= 0.3 is 5.97 Å². The summed E-state index contributed by atoms with van der Waals surface area (Å²) in [5.74, 6) is 1.06. The van der Waals surface area contributed by atoms with Crippen molar-refractivity contribution in [2.75, 3.05) is 20.3 Å². The molecule has 3 aromatic carbocycles. The van der Waals surface area contributed by atoms with Crippen molar-refractivity contribution < 1.29 is 23.7 Å². The predicted octanol–water partition coefficient (Wildman–Crippen LogP) is 6.85. The van der Waals surface area contributed by atoms with Gasteiger partial charge in [-0.2, -0.15) is 0 Å². The number of halogens is 3. The molecule has 1 aliphatic rings. The number of benzene rings is 3. The van der Waals surface area contributed by atoms with Crippen molar-refractivity contribution in [2.24, 2.45) is 4.99 Å². The fourth-order valence-electron chi connectivity index (χ4n) is 4.92. The van der Waals surface area contributed by atoms with E-state index >= 15 is 0 Å². The Bertz CT molecular complexity index is 1990. The number of fused-ring (bicyclic) bond motifs is 1. The van der Waals surface area contributed by atoms with Gasteiger partial charge in [-0.05, 0) is 79.9 Å². The highest BCUT2D eigenvalue weighted by Gasteiger charge is 2.35. The smallest absolute Gasteiger partial charge is 0.338 e. The number of methoxy groups -OCH3 is 1. The number of carbonyl (C=O) groups excluding carboxylic acids is 1. The summed E-state index contributed by atoms with van der Waals surface area (Å²) in [6.45, 7) is 6.25. The van der Waals surface area contributed by atoms with E-state index < -0.39 is 12.0 Å². The van der Waals surface area contributed by atoms with Crippen molar-refractivity contribution in [3.8, 4) is 17.2 Å². The van der Waals surface area contributed by atoms with E-state index in [9.17, 15) is 9.59 Å². The number of hydrogen-bond donors (Lipinski definition) is 0. The molecular formula is C33H29BrCl2N2O6S. The summed E-state index contributed by atoms with van der Waals surface area (Å²) in [5.41, 5.74) is 2.67. The zero-order valence-electron chi connectivity index (χ0n) is 24.9. The van der Waals surface area contributed by atoms with E-state index in [0.717, 1.165) is 11.1 Å². The van der Waals surface area contributed by atoms with Crippen LogP contribution in [0.5, 0.6) is 17.2 Å². The Morgan fingerprint density at radius 2 is 1.84 bits per heavy atom. The van der Waals surface area contributed by atoms with E-state index in [1.54, 1.807) is 44.2 Å². The monoisotopic (exact) mass is 730 g/mol. The quantitative estimate of drug-likeness (QED) is 0.166. The third-order valence-corrected chi connectivity index (χ3v) is 9.35. The number of nitrogens with zero attached hydrogens (tertiary/aromatic N) is 2. The molecule has 0 aliphatic carbocycles. The molecule has 0 saturated heterocycles. The van der Waals surface area contributed by atoms with Crippen LogP contribution in [0.3, 0.4) is 0 Å². The molecule has 0 saturated carbocycles. The average Bonchev–Trinajstić information content (AvgIpc) is 3.31. The second kappa shape index (κ2) is 14.2. The molecule has 1 aliphatic heterocycles. The summed E-state index contributed by atoms with van der Waals surface area (Å²) in [7, 11) is 1.54. The van der Waals surface area contributed by atoms with Crippen molar-refractivity contribution in [2.45, 2.75) is 33.4 Å². The zero-order chi connectivity index (χ0) is 32.2. The summed E-state index contributed by atoms with van der Waals surface area (Å²) in [5, 5.41) is 0.932. The summed E-state index contributed by atoms with van der Waals surface area (Å²) in [4.78, 5) is 32.5. The highest BCUT2D eigenvalue weighted by Crippen LogP contribution is 2.41. The Labute approximate surface area is 282 Å². The SMILES string of the molecule is CCOC(=O)C1=C(C)N=c2s/c(=C/c3cccc(OCc4ccc(Cl)c(Cl)c4)c3)c(=O)n2[C@H]1c1cc(OC)c(OCC)cc1Br. The van der Waals surface area contributed by atoms with Crippen LogP contribution in [-0.2, 0) is 16.1 Å². The van der Waals surface area contributed by atoms with Crippen LogP contribution in [0.25, 0.3) is 6.08 Å². The number of esters is 1. The maximum absolute atomic E-state index is 14.1. The van der Waals surface area contributed by atoms with E-state index in [2.05, 4.69) is 20.9 Å². The predicted molar refractivity (Wildman–Crippen MR) is 179 cm³/mol. The van der Waals surface area contributed by atoms with Gasteiger partial charge in [-0.3, -0.25) is 9.36 Å². The maximum atomic E-state index is 14.1. The number of rotatable bonds is 10. The van der Waals surface area contributed by atoms with Gasteiger partial charge in [-0.25, -0.2) is 9.79 Å². The number of carbonyl (C=O) groups is 1. The molecule has 234 valence electrons. The molecule has 1 aromatic heterocycles. The van der Waals surface area contributed by atoms with Gasteiger partial charge in [0.25, 0.3) is 5.56 Å². The molecule has 45 heavy (non-hydrogen) atoms. The van der Waals surface area contributed by atoms with Gasteiger partial charge in [-0.15, -0.1) is 0 Å². The first-order chi connectivity index (χ1) is 21.6. The molecule has 8 nitrogen and oxygen atoms in total. The standard InChI is InChI=1S/C33H29BrCl2N2O6S/c1-5-42-27-16-23(34)22(15-26(27)41-4)30-29(32(40)43-6-2)18(3)37-33-38(30)31(39)28(45-33)14-19-8-7-9-21(12-19)44-17-20-10-11-24(35)25(36)13-20/h7-16,30H,5-6,17H2,1-4H3/b28-14+/t30-/m0/s1. The normalized spacial score (nSPS) is 14.6. The molecule has 0 bridgehead atoms. The Balaban J connectivity index is 1.58. The summed E-state index contributed by atoms with van der Waals surface area (Å²) in [6, 6.07) is 15.4. The Morgan fingerprint density at radius 1 is 1.04 bits per heavy atom. The van der Waals surface area contributed by atoms with Crippen LogP contribution >= 0.6 is 50.5 Å². The molecule has 12 heteroatoms. The lowest BCUT2D eigenvalue weighted by Crippen LogP contribution is -2.40. The Hall–Kier alpha value is -3.57. The minimum atomic E-state index is -0.831. The Kier molecular flexibility index (Phi) is 10.4. The molecular weight excluding hydrogens is 703 g/mol. The van der Waals surface area contributed by atoms with Crippen LogP contribution in [0.2, 0.25) is 10.0 Å². The number of ether oxygens (including phenoxy) is 4. The van der Waals surface area contributed by atoms with Crippen LogP contribution in [0.15, 0.2) is 80.1 Å². The van der Waals surface area contributed by atoms with Crippen molar-refractivity contribution in [1.82, 2.24) is 4.57 Å². The fraction of sp³-hybridized carbons (Fsp3) is 0.242. The van der Waals surface area contributed by atoms with Crippen molar-refractivity contribution in [3.05, 3.63) is 117 Å². The topological polar surface area (TPSA) is 88.4 Å². The van der Waals surface area contributed by atoms with Crippen molar-refractivity contribution >= 4 is 62.5 Å². The molecule has 0 spiro atoms. The molecule has 2 heterocycles. The number of hydrogen-bond acceptors (Lipinski definition) is 8. The first kappa shape index (κ1) is 32.8. The lowest BCUT2D eigenvalue weighted by Gasteiger charge is -2.26. The van der Waals surface area contributed by atoms with E-state index in [-0.39, 0.29) is 17.7 Å². The molecule has 0 N–H and O–H groups in total. The third-order valence-electron chi connectivity index (χ3n) is 6.94. The van der Waals surface area contributed by atoms with Crippen LogP contribution in [0, 0.1) is 0 Å². The van der Waals surface area contributed by atoms with E-state index in [1.165, 1.54) is 23.0 Å². The number of aromatic nitrogens is 1. The minimum absolute atomic E-state index is 0.171. The fourth-order valence-corrected chi connectivity index (χ4v) is 6.82. The van der Waals surface area contributed by atoms with Crippen LogP contribution < -0.4 is 29.1 Å². The molecule has 4 aromatic rings. The summed E-state index contributed by atoms with van der Waals surface area (Å²) >= 11 is 17.0. The highest BCUT2D eigenvalue weighted by atomic mass is 79.9. The molecule has 5 rings (SSSR count). The molecule has 0 radical (unpaired) electrons. The minimum Gasteiger partial charge on any atom is -0.493 e. The first-order valence-corrected chi connectivity index (χ1v) is 16.4. The van der Waals surface area contributed by atoms with E-state index in [0.29, 0.717) is 65.6 Å². The second-order valence-electron chi connectivity index (χ2n) is 9.87. The highest BCUT2D eigenvalue weighted by molar-refractivity contribution is 9.10. The van der Waals surface area contributed by atoms with Crippen LogP contribution in [-0.4, -0.2) is 30.9 Å². The van der Waals surface area contributed by atoms with Gasteiger partial charge in [0.1, 0.15) is 12.4 Å². The maximum Gasteiger partial charge on any atom is 0.338 e. The van der Waals surface area contributed by atoms with Gasteiger partial charge in [0.15, 0.2) is 16.3 Å². The van der Waals surface area contributed by atoms with Crippen molar-refractivity contribution in [1.29, 1.82) is 0 Å². The van der Waals surface area contributed by atoms with Gasteiger partial charge in [-0.1, -0.05) is 68.7 Å². The van der Waals surface area contributed by atoms with Gasteiger partial charge < -0.3 is 18.9 Å². The zero-order valence-corrected chi connectivity index (χ0v) is 28.8. The number of allylic oxidation sites excluding steroid dienone is 1. The first-order valence-electron chi connectivity index (χ1n) is 14.0. The number of thiazole rings is 1. The second-order valence-corrected chi connectivity index (χ2v) is 12.5. The third kappa shape index (κ3) is 6.99. The largest absolute Gasteiger partial charge is 0.493 e. The van der Waals surface area contributed by atoms with Crippen molar-refractivity contribution in [3.63, 3.8) is 0 Å².